The van der Waals surface area contributed by atoms with Crippen molar-refractivity contribution in [1.29, 1.82) is 0 Å². The molecule has 0 saturated carbocycles. The van der Waals surface area contributed by atoms with Gasteiger partial charge < -0.3 is 14.7 Å². The van der Waals surface area contributed by atoms with E-state index in [4.69, 9.17) is 4.74 Å². The summed E-state index contributed by atoms with van der Waals surface area (Å²) >= 11 is 0. The molecule has 1 N–H and O–H groups in total. The molecule has 2 rings (SSSR count). The molecule has 1 aromatic carbocycles. The number of aliphatic hydroxyl groups excluding tert-OH is 1. The van der Waals surface area contributed by atoms with Gasteiger partial charge in [-0.25, -0.2) is 0 Å². The zero-order valence-electron chi connectivity index (χ0n) is 12.0. The lowest BCUT2D eigenvalue weighted by Gasteiger charge is -2.34. The molecular formula is C16H23NO3. The molecule has 110 valence electrons. The molecule has 1 fully saturated rings. The fourth-order valence-corrected chi connectivity index (χ4v) is 2.67. The van der Waals surface area contributed by atoms with Gasteiger partial charge in [0.2, 0.25) is 5.91 Å². The molecule has 1 heterocycles. The average molecular weight is 277 g/mol. The third kappa shape index (κ3) is 3.73. The molecule has 4 nitrogen and oxygen atoms in total. The fourth-order valence-electron chi connectivity index (χ4n) is 2.67. The van der Waals surface area contributed by atoms with E-state index in [0.717, 1.165) is 37.1 Å². The maximum absolute atomic E-state index is 12.3. The number of rotatable bonds is 5. The van der Waals surface area contributed by atoms with Gasteiger partial charge in [0.05, 0.1) is 25.7 Å². The zero-order chi connectivity index (χ0) is 14.4. The molecule has 1 aliphatic heterocycles. The molecule has 1 saturated heterocycles. The highest BCUT2D eigenvalue weighted by atomic mass is 16.5. The summed E-state index contributed by atoms with van der Waals surface area (Å²) < 4.78 is 5.39. The molecule has 4 heteroatoms. The summed E-state index contributed by atoms with van der Waals surface area (Å²) in [5.41, 5.74) is 0.987. The van der Waals surface area contributed by atoms with E-state index in [2.05, 4.69) is 0 Å². The molecule has 1 atom stereocenters. The first-order valence-electron chi connectivity index (χ1n) is 7.36. The second kappa shape index (κ2) is 7.29. The van der Waals surface area contributed by atoms with Crippen molar-refractivity contribution < 1.29 is 14.6 Å². The van der Waals surface area contributed by atoms with Crippen molar-refractivity contribution in [3.8, 4) is 5.75 Å². The van der Waals surface area contributed by atoms with Crippen molar-refractivity contribution >= 4 is 5.91 Å². The third-order valence-corrected chi connectivity index (χ3v) is 3.75. The van der Waals surface area contributed by atoms with E-state index < -0.39 is 0 Å². The van der Waals surface area contributed by atoms with E-state index in [-0.39, 0.29) is 18.6 Å². The van der Waals surface area contributed by atoms with Crippen LogP contribution in [-0.4, -0.2) is 41.7 Å². The van der Waals surface area contributed by atoms with Crippen LogP contribution >= 0.6 is 0 Å². The third-order valence-electron chi connectivity index (χ3n) is 3.75. The Morgan fingerprint density at radius 2 is 2.10 bits per heavy atom. The molecule has 1 amide bonds. The Morgan fingerprint density at radius 1 is 1.35 bits per heavy atom. The molecule has 0 aliphatic carbocycles. The number of aliphatic hydroxyl groups is 1. The number of benzene rings is 1. The largest absolute Gasteiger partial charge is 0.494 e. The standard InChI is InChI=1S/C16H23NO3/c1-2-20-15-8-6-13(7-9-15)11-16(19)17-10-4-3-5-14(17)12-18/h6-9,14,18H,2-5,10-12H2,1H3. The molecule has 1 unspecified atom stereocenters. The van der Waals surface area contributed by atoms with E-state index in [1.807, 2.05) is 36.1 Å². The van der Waals surface area contributed by atoms with Crippen molar-refractivity contribution in [3.63, 3.8) is 0 Å². The number of hydrogen-bond acceptors (Lipinski definition) is 3. The van der Waals surface area contributed by atoms with Gasteiger partial charge in [-0.1, -0.05) is 12.1 Å². The highest BCUT2D eigenvalue weighted by molar-refractivity contribution is 5.79. The number of carbonyl (C=O) groups excluding carboxylic acids is 1. The summed E-state index contributed by atoms with van der Waals surface area (Å²) in [6, 6.07) is 7.65. The number of nitrogens with zero attached hydrogens (tertiary/aromatic N) is 1. The van der Waals surface area contributed by atoms with Crippen LogP contribution in [0.4, 0.5) is 0 Å². The van der Waals surface area contributed by atoms with Crippen LogP contribution in [-0.2, 0) is 11.2 Å². The van der Waals surface area contributed by atoms with Gasteiger partial charge >= 0.3 is 0 Å². The molecule has 0 radical (unpaired) electrons. The minimum absolute atomic E-state index is 0.000974. The molecule has 1 aromatic rings. The van der Waals surface area contributed by atoms with Crippen molar-refractivity contribution in [3.05, 3.63) is 29.8 Å². The lowest BCUT2D eigenvalue weighted by atomic mass is 10.0. The van der Waals surface area contributed by atoms with Crippen molar-refractivity contribution in [2.24, 2.45) is 0 Å². The van der Waals surface area contributed by atoms with Crippen LogP contribution in [0, 0.1) is 0 Å². The van der Waals surface area contributed by atoms with Crippen LogP contribution in [0.25, 0.3) is 0 Å². The summed E-state index contributed by atoms with van der Waals surface area (Å²) in [5, 5.41) is 9.36. The maximum Gasteiger partial charge on any atom is 0.227 e. The zero-order valence-corrected chi connectivity index (χ0v) is 12.0. The molecule has 0 spiro atoms. The van der Waals surface area contributed by atoms with Crippen molar-refractivity contribution in [1.82, 2.24) is 4.90 Å². The van der Waals surface area contributed by atoms with Gasteiger partial charge in [0.1, 0.15) is 5.75 Å². The minimum Gasteiger partial charge on any atom is -0.494 e. The first-order valence-corrected chi connectivity index (χ1v) is 7.36. The van der Waals surface area contributed by atoms with Gasteiger partial charge in [-0.3, -0.25) is 4.79 Å². The van der Waals surface area contributed by atoms with Crippen LogP contribution in [0.1, 0.15) is 31.7 Å². The van der Waals surface area contributed by atoms with Crippen LogP contribution < -0.4 is 4.74 Å². The van der Waals surface area contributed by atoms with E-state index in [1.54, 1.807) is 0 Å². The smallest absolute Gasteiger partial charge is 0.227 e. The predicted molar refractivity (Wildman–Crippen MR) is 77.8 cm³/mol. The van der Waals surface area contributed by atoms with E-state index in [1.165, 1.54) is 0 Å². The summed E-state index contributed by atoms with van der Waals surface area (Å²) in [6.45, 7) is 3.42. The lowest BCUT2D eigenvalue weighted by Crippen LogP contribution is -2.46. The van der Waals surface area contributed by atoms with Gasteiger partial charge in [-0.2, -0.15) is 0 Å². The summed E-state index contributed by atoms with van der Waals surface area (Å²) in [4.78, 5) is 14.2. The predicted octanol–water partition coefficient (Wildman–Crippen LogP) is 2.00. The maximum atomic E-state index is 12.3. The SMILES string of the molecule is CCOc1ccc(CC(=O)N2CCCCC2CO)cc1. The highest BCUT2D eigenvalue weighted by Crippen LogP contribution is 2.19. The Morgan fingerprint density at radius 3 is 2.75 bits per heavy atom. The van der Waals surface area contributed by atoms with Crippen LogP contribution in [0.2, 0.25) is 0 Å². The Hall–Kier alpha value is -1.55. The fraction of sp³-hybridized carbons (Fsp3) is 0.562. The Bertz CT molecular complexity index is 430. The van der Waals surface area contributed by atoms with Gasteiger partial charge in [-0.05, 0) is 43.9 Å². The van der Waals surface area contributed by atoms with Crippen LogP contribution in [0.5, 0.6) is 5.75 Å². The number of ether oxygens (including phenoxy) is 1. The Balaban J connectivity index is 1.96. The number of amides is 1. The number of piperidine rings is 1. The average Bonchev–Trinajstić information content (AvgIpc) is 2.49. The topological polar surface area (TPSA) is 49.8 Å². The number of hydrogen-bond donors (Lipinski definition) is 1. The summed E-state index contributed by atoms with van der Waals surface area (Å²) in [6.07, 6.45) is 3.43. The summed E-state index contributed by atoms with van der Waals surface area (Å²) in [5.74, 6) is 0.933. The molecule has 1 aliphatic rings. The minimum atomic E-state index is -0.000974. The summed E-state index contributed by atoms with van der Waals surface area (Å²) in [7, 11) is 0. The van der Waals surface area contributed by atoms with Gasteiger partial charge in [0.25, 0.3) is 0 Å². The van der Waals surface area contributed by atoms with E-state index in [9.17, 15) is 9.90 Å². The van der Waals surface area contributed by atoms with Crippen LogP contribution in [0.3, 0.4) is 0 Å². The first kappa shape index (κ1) is 14.9. The molecule has 0 bridgehead atoms. The van der Waals surface area contributed by atoms with E-state index in [0.29, 0.717) is 13.0 Å². The van der Waals surface area contributed by atoms with Gasteiger partial charge in [-0.15, -0.1) is 0 Å². The Labute approximate surface area is 120 Å². The highest BCUT2D eigenvalue weighted by Gasteiger charge is 2.25. The van der Waals surface area contributed by atoms with Crippen molar-refractivity contribution in [2.45, 2.75) is 38.6 Å². The molecular weight excluding hydrogens is 254 g/mol. The molecule has 20 heavy (non-hydrogen) atoms. The molecule has 0 aromatic heterocycles. The Kier molecular flexibility index (Phi) is 5.41. The first-order chi connectivity index (χ1) is 9.74. The van der Waals surface area contributed by atoms with Gasteiger partial charge in [0.15, 0.2) is 0 Å². The second-order valence-electron chi connectivity index (χ2n) is 5.17. The number of likely N-dealkylation sites (tertiary alicyclic amines) is 1. The van der Waals surface area contributed by atoms with E-state index >= 15 is 0 Å². The monoisotopic (exact) mass is 277 g/mol. The quantitative estimate of drug-likeness (QED) is 0.895. The number of carbonyl (C=O) groups is 1. The van der Waals surface area contributed by atoms with Crippen molar-refractivity contribution in [2.75, 3.05) is 19.8 Å². The van der Waals surface area contributed by atoms with Crippen LogP contribution in [0.15, 0.2) is 24.3 Å². The lowest BCUT2D eigenvalue weighted by molar-refractivity contribution is -0.135. The second-order valence-corrected chi connectivity index (χ2v) is 5.17. The van der Waals surface area contributed by atoms with Gasteiger partial charge in [0, 0.05) is 6.54 Å². The normalized spacial score (nSPS) is 18.9.